The van der Waals surface area contributed by atoms with E-state index in [-0.39, 0.29) is 6.61 Å². The molecule has 8 heavy (non-hydrogen) atoms. The van der Waals surface area contributed by atoms with Gasteiger partial charge >= 0.3 is 11.4 Å². The minimum atomic E-state index is -2.18. The van der Waals surface area contributed by atoms with Gasteiger partial charge in [-0.25, -0.2) is 0 Å². The summed E-state index contributed by atoms with van der Waals surface area (Å²) in [6.07, 6.45) is 1.41. The standard InChI is InChI=1S/C3H5ClO3S/c4-2-1-3-7-8(5)6/h1-2H,3H2,(H,5,6). The topological polar surface area (TPSA) is 46.5 Å². The molecule has 0 heterocycles. The van der Waals surface area contributed by atoms with Crippen LogP contribution in [0.3, 0.4) is 0 Å². The fraction of sp³-hybridized carbons (Fsp3) is 0.333. The van der Waals surface area contributed by atoms with Crippen molar-refractivity contribution in [1.29, 1.82) is 0 Å². The van der Waals surface area contributed by atoms with E-state index in [9.17, 15) is 4.21 Å². The second kappa shape index (κ2) is 5.24. The van der Waals surface area contributed by atoms with Crippen LogP contribution in [0.4, 0.5) is 0 Å². The third-order valence-electron chi connectivity index (χ3n) is 0.354. The van der Waals surface area contributed by atoms with Crippen LogP contribution in [-0.4, -0.2) is 15.4 Å². The molecule has 1 N–H and O–H groups in total. The second-order valence-electron chi connectivity index (χ2n) is 0.863. The Morgan fingerprint density at radius 1 is 1.88 bits per heavy atom. The highest BCUT2D eigenvalue weighted by atomic mass is 35.5. The molecular weight excluding hydrogens is 152 g/mol. The highest BCUT2D eigenvalue weighted by Gasteiger charge is 1.85. The Balaban J connectivity index is 3.05. The zero-order valence-electron chi connectivity index (χ0n) is 3.91. The normalized spacial score (nSPS) is 14.8. The Hall–Kier alpha value is 0.1000. The number of hydrogen-bond donors (Lipinski definition) is 1. The van der Waals surface area contributed by atoms with Crippen LogP contribution in [0.1, 0.15) is 0 Å². The van der Waals surface area contributed by atoms with E-state index in [1.54, 1.807) is 0 Å². The smallest absolute Gasteiger partial charge is 0.284 e. The lowest BCUT2D eigenvalue weighted by atomic mass is 10.7. The first-order valence-corrected chi connectivity index (χ1v) is 3.23. The zero-order valence-corrected chi connectivity index (χ0v) is 5.48. The van der Waals surface area contributed by atoms with Gasteiger partial charge in [-0.05, 0) is 6.08 Å². The van der Waals surface area contributed by atoms with Crippen molar-refractivity contribution in [1.82, 2.24) is 0 Å². The molecule has 0 bridgehead atoms. The molecule has 0 aromatic carbocycles. The molecule has 0 radical (unpaired) electrons. The molecule has 0 saturated carbocycles. The Labute approximate surface area is 54.8 Å². The average Bonchev–Trinajstić information content (AvgIpc) is 1.66. The molecule has 5 heteroatoms. The van der Waals surface area contributed by atoms with E-state index in [4.69, 9.17) is 16.2 Å². The Bertz CT molecular complexity index is 103. The fourth-order valence-electron chi connectivity index (χ4n) is 0.134. The summed E-state index contributed by atoms with van der Waals surface area (Å²) in [5.41, 5.74) is 1.22. The lowest BCUT2D eigenvalue weighted by Crippen LogP contribution is -1.93. The van der Waals surface area contributed by atoms with Gasteiger partial charge in [-0.15, -0.1) is 0 Å². The maximum absolute atomic E-state index is 9.69. The first-order chi connectivity index (χ1) is 3.77. The van der Waals surface area contributed by atoms with Gasteiger partial charge in [0, 0.05) is 5.54 Å². The summed E-state index contributed by atoms with van der Waals surface area (Å²) < 4.78 is 21.8. The first-order valence-electron chi connectivity index (χ1n) is 1.76. The van der Waals surface area contributed by atoms with Crippen molar-refractivity contribution in [2.45, 2.75) is 0 Å². The maximum atomic E-state index is 9.69. The molecule has 3 nitrogen and oxygen atoms in total. The van der Waals surface area contributed by atoms with Crippen LogP contribution in [0.2, 0.25) is 0 Å². The molecule has 0 rings (SSSR count). The van der Waals surface area contributed by atoms with Crippen molar-refractivity contribution in [3.8, 4) is 0 Å². The van der Waals surface area contributed by atoms with Crippen molar-refractivity contribution in [2.24, 2.45) is 0 Å². The summed E-state index contributed by atoms with van der Waals surface area (Å²) in [5, 5.41) is 0. The maximum Gasteiger partial charge on any atom is 0.302 e. The van der Waals surface area contributed by atoms with Crippen LogP contribution < -0.4 is 0 Å². The number of halogens is 1. The predicted molar refractivity (Wildman–Crippen MR) is 31.7 cm³/mol. The minimum Gasteiger partial charge on any atom is -0.284 e. The molecule has 0 aliphatic heterocycles. The van der Waals surface area contributed by atoms with Gasteiger partial charge in [0.2, 0.25) is 0 Å². The fourth-order valence-corrected chi connectivity index (χ4v) is 0.402. The van der Waals surface area contributed by atoms with Crippen molar-refractivity contribution >= 4 is 23.0 Å². The highest BCUT2D eigenvalue weighted by molar-refractivity contribution is 7.74. The summed E-state index contributed by atoms with van der Waals surface area (Å²) in [4.78, 5) is 0. The molecule has 0 spiro atoms. The molecule has 0 amide bonds. The highest BCUT2D eigenvalue weighted by Crippen LogP contribution is 1.82. The van der Waals surface area contributed by atoms with E-state index in [1.165, 1.54) is 11.6 Å². The van der Waals surface area contributed by atoms with Crippen LogP contribution >= 0.6 is 11.6 Å². The lowest BCUT2D eigenvalue weighted by molar-refractivity contribution is 0.342. The van der Waals surface area contributed by atoms with Gasteiger partial charge in [0.15, 0.2) is 0 Å². The summed E-state index contributed by atoms with van der Waals surface area (Å²) in [6.45, 7) is 0.0621. The van der Waals surface area contributed by atoms with E-state index in [2.05, 4.69) is 4.18 Å². The van der Waals surface area contributed by atoms with Gasteiger partial charge in [-0.1, -0.05) is 11.6 Å². The molecular formula is C3H5ClO3S. The molecule has 1 unspecified atom stereocenters. The summed E-state index contributed by atoms with van der Waals surface area (Å²) in [7, 11) is 0. The van der Waals surface area contributed by atoms with Crippen molar-refractivity contribution < 1.29 is 12.9 Å². The van der Waals surface area contributed by atoms with Gasteiger partial charge in [0.25, 0.3) is 0 Å². The minimum absolute atomic E-state index is 0.0621. The average molecular weight is 157 g/mol. The molecule has 0 aromatic heterocycles. The number of rotatable bonds is 3. The summed E-state index contributed by atoms with van der Waals surface area (Å²) in [5.74, 6) is 0. The van der Waals surface area contributed by atoms with Gasteiger partial charge < -0.3 is 0 Å². The Kier molecular flexibility index (Phi) is 5.31. The van der Waals surface area contributed by atoms with Gasteiger partial charge in [-0.2, -0.15) is 4.21 Å². The van der Waals surface area contributed by atoms with E-state index in [0.29, 0.717) is 0 Å². The molecule has 0 saturated heterocycles. The largest absolute Gasteiger partial charge is 0.302 e. The molecule has 1 atom stereocenters. The number of hydrogen-bond acceptors (Lipinski definition) is 2. The van der Waals surface area contributed by atoms with Crippen molar-refractivity contribution in [3.05, 3.63) is 11.6 Å². The Morgan fingerprint density at radius 3 is 2.88 bits per heavy atom. The van der Waals surface area contributed by atoms with E-state index >= 15 is 0 Å². The molecule has 0 aliphatic carbocycles. The Morgan fingerprint density at radius 2 is 2.50 bits per heavy atom. The van der Waals surface area contributed by atoms with Crippen LogP contribution in [0.15, 0.2) is 11.6 Å². The molecule has 0 aliphatic rings. The van der Waals surface area contributed by atoms with Crippen LogP contribution in [0, 0.1) is 0 Å². The molecule has 0 aromatic rings. The first kappa shape index (κ1) is 8.10. The van der Waals surface area contributed by atoms with Crippen LogP contribution in [0.5, 0.6) is 0 Å². The van der Waals surface area contributed by atoms with E-state index in [1.807, 2.05) is 0 Å². The van der Waals surface area contributed by atoms with E-state index in [0.717, 1.165) is 0 Å². The van der Waals surface area contributed by atoms with Crippen molar-refractivity contribution in [2.75, 3.05) is 6.61 Å². The lowest BCUT2D eigenvalue weighted by Gasteiger charge is -1.87. The second-order valence-corrected chi connectivity index (χ2v) is 1.79. The van der Waals surface area contributed by atoms with E-state index < -0.39 is 11.4 Å². The summed E-state index contributed by atoms with van der Waals surface area (Å²) in [6, 6.07) is 0. The van der Waals surface area contributed by atoms with Gasteiger partial charge in [-0.3, -0.25) is 8.74 Å². The summed E-state index contributed by atoms with van der Waals surface area (Å²) >= 11 is 2.87. The SMILES string of the molecule is O=S(O)OCC=CCl. The van der Waals surface area contributed by atoms with Crippen LogP contribution in [0.25, 0.3) is 0 Å². The third-order valence-corrected chi connectivity index (χ3v) is 0.870. The molecule has 0 fully saturated rings. The zero-order chi connectivity index (χ0) is 6.41. The van der Waals surface area contributed by atoms with Gasteiger partial charge in [0.1, 0.15) is 0 Å². The van der Waals surface area contributed by atoms with Crippen molar-refractivity contribution in [3.63, 3.8) is 0 Å². The monoisotopic (exact) mass is 156 g/mol. The third kappa shape index (κ3) is 6.10. The predicted octanol–water partition coefficient (Wildman–Crippen LogP) is 0.892. The van der Waals surface area contributed by atoms with Gasteiger partial charge in [0.05, 0.1) is 6.61 Å². The van der Waals surface area contributed by atoms with Crippen LogP contribution in [-0.2, 0) is 15.5 Å². The quantitative estimate of drug-likeness (QED) is 0.618. The molecule has 48 valence electrons.